The van der Waals surface area contributed by atoms with E-state index in [0.717, 1.165) is 31.5 Å². The van der Waals surface area contributed by atoms with Gasteiger partial charge in [-0.3, -0.25) is 9.59 Å². The summed E-state index contributed by atoms with van der Waals surface area (Å²) in [5.74, 6) is -2.03. The number of carbonyl (C=O) groups excluding carboxylic acids is 3. The summed E-state index contributed by atoms with van der Waals surface area (Å²) >= 11 is 0. The van der Waals surface area contributed by atoms with Crippen LogP contribution < -0.4 is 0 Å². The van der Waals surface area contributed by atoms with E-state index in [1.165, 1.54) is 0 Å². The average Bonchev–Trinajstić information content (AvgIpc) is 3.12. The van der Waals surface area contributed by atoms with Gasteiger partial charge >= 0.3 is 12.1 Å². The van der Waals surface area contributed by atoms with E-state index in [2.05, 4.69) is 18.7 Å². The Balaban J connectivity index is 1.74. The Labute approximate surface area is 317 Å². The van der Waals surface area contributed by atoms with E-state index in [4.69, 9.17) is 23.7 Å². The van der Waals surface area contributed by atoms with Crippen molar-refractivity contribution in [3.63, 3.8) is 0 Å². The highest BCUT2D eigenvalue weighted by Gasteiger charge is 2.52. The number of Topliss-reactive ketones (excluding diaryl/α,β-unsaturated/α-hetero) is 1. The largest absolute Gasteiger partial charge is 0.463 e. The number of rotatable bonds is 8. The topological polar surface area (TPSA) is 127 Å². The van der Waals surface area contributed by atoms with E-state index in [1.807, 2.05) is 70.1 Å². The lowest BCUT2D eigenvalue weighted by atomic mass is 9.74. The van der Waals surface area contributed by atoms with E-state index in [1.54, 1.807) is 32.8 Å². The number of esters is 1. The standard InChI is InChI=1S/C41H67N3O9/c1-26(2)43-19-17-31(18-20-43)33-25-50-38(47)40(6,7)35(46)29(5)36(53-37-34(45)32(42(9)10)21-28(4)52-37)41(8,49-11)22-27(3)23-44(33)39(48)51-24-30-15-13-12-14-16-30/h12-16,26-29,31-34,36-37,45H,17-25H2,1-11H3/t27-,28-,29+,32+,33?,34-,36-,37+,41-/m1/s1. The van der Waals surface area contributed by atoms with Gasteiger partial charge in [0.2, 0.25) is 0 Å². The van der Waals surface area contributed by atoms with Crippen LogP contribution in [-0.4, -0.2) is 133 Å². The number of hydrogen-bond acceptors (Lipinski definition) is 11. The molecule has 0 aliphatic carbocycles. The van der Waals surface area contributed by atoms with E-state index in [0.29, 0.717) is 25.4 Å². The van der Waals surface area contributed by atoms with Crippen LogP contribution in [0.3, 0.4) is 0 Å². The summed E-state index contributed by atoms with van der Waals surface area (Å²) in [4.78, 5) is 48.9. The van der Waals surface area contributed by atoms with Gasteiger partial charge in [0.1, 0.15) is 24.7 Å². The molecule has 300 valence electrons. The van der Waals surface area contributed by atoms with Crippen LogP contribution in [0.4, 0.5) is 4.79 Å². The lowest BCUT2D eigenvalue weighted by Crippen LogP contribution is -2.59. The molecule has 3 saturated heterocycles. The summed E-state index contributed by atoms with van der Waals surface area (Å²) < 4.78 is 31.2. The molecule has 0 saturated carbocycles. The smallest absolute Gasteiger partial charge is 0.410 e. The Morgan fingerprint density at radius 2 is 1.70 bits per heavy atom. The van der Waals surface area contributed by atoms with Gasteiger partial charge in [-0.1, -0.05) is 44.2 Å². The molecular weight excluding hydrogens is 678 g/mol. The van der Waals surface area contributed by atoms with Crippen LogP contribution in [0.1, 0.15) is 86.6 Å². The molecule has 0 radical (unpaired) electrons. The van der Waals surface area contributed by atoms with E-state index >= 15 is 0 Å². The van der Waals surface area contributed by atoms with Crippen molar-refractivity contribution in [3.05, 3.63) is 35.9 Å². The molecule has 12 nitrogen and oxygen atoms in total. The van der Waals surface area contributed by atoms with Gasteiger partial charge in [0, 0.05) is 31.7 Å². The van der Waals surface area contributed by atoms with Gasteiger partial charge in [-0.05, 0) is 112 Å². The lowest BCUT2D eigenvalue weighted by Gasteiger charge is -2.47. The highest BCUT2D eigenvalue weighted by Crippen LogP contribution is 2.39. The first-order valence-electron chi connectivity index (χ1n) is 19.5. The summed E-state index contributed by atoms with van der Waals surface area (Å²) in [5.41, 5.74) is -1.78. The molecular formula is C41H67N3O9. The lowest BCUT2D eigenvalue weighted by molar-refractivity contribution is -0.295. The SMILES string of the molecule is CO[C@]1(C)C[C@@H](C)CN(C(=O)OCc2ccccc2)C(C2CCN(C(C)C)CC2)COC(=O)C(C)(C)C(=O)[C@H](C)[C@H]1O[C@@H]1O[C@H](C)C[C@H](N(C)C)[C@H]1O. The van der Waals surface area contributed by atoms with Crippen LogP contribution in [0.5, 0.6) is 0 Å². The molecule has 12 heteroatoms. The van der Waals surface area contributed by atoms with Crippen LogP contribution in [0.2, 0.25) is 0 Å². The summed E-state index contributed by atoms with van der Waals surface area (Å²) in [5, 5.41) is 11.5. The van der Waals surface area contributed by atoms with Crippen molar-refractivity contribution >= 4 is 17.8 Å². The Morgan fingerprint density at radius 3 is 2.28 bits per heavy atom. The number of methoxy groups -OCH3 is 1. The molecule has 0 bridgehead atoms. The quantitative estimate of drug-likeness (QED) is 0.281. The van der Waals surface area contributed by atoms with Crippen LogP contribution in [0.15, 0.2) is 30.3 Å². The van der Waals surface area contributed by atoms with Crippen molar-refractivity contribution in [3.8, 4) is 0 Å². The third-order valence-electron chi connectivity index (χ3n) is 12.0. The summed E-state index contributed by atoms with van der Waals surface area (Å²) in [6.07, 6.45) is -1.05. The predicted molar refractivity (Wildman–Crippen MR) is 202 cm³/mol. The molecule has 9 atom stereocenters. The molecule has 1 aromatic rings. The van der Waals surface area contributed by atoms with Crippen molar-refractivity contribution in [1.82, 2.24) is 14.7 Å². The minimum atomic E-state index is -1.55. The van der Waals surface area contributed by atoms with Crippen molar-refractivity contribution in [1.29, 1.82) is 0 Å². The highest BCUT2D eigenvalue weighted by atomic mass is 16.7. The summed E-state index contributed by atoms with van der Waals surface area (Å²) in [6.45, 7) is 17.2. The van der Waals surface area contributed by atoms with Crippen LogP contribution in [0.25, 0.3) is 0 Å². The molecule has 1 aromatic carbocycles. The molecule has 1 unspecified atom stereocenters. The third-order valence-corrected chi connectivity index (χ3v) is 12.0. The molecule has 4 rings (SSSR count). The molecule has 3 aliphatic heterocycles. The maximum absolute atomic E-state index is 14.5. The number of likely N-dealkylation sites (N-methyl/N-ethyl adjacent to an activating group) is 1. The fourth-order valence-corrected chi connectivity index (χ4v) is 8.60. The number of benzene rings is 1. The number of carbonyl (C=O) groups is 3. The van der Waals surface area contributed by atoms with Crippen molar-refractivity contribution in [2.75, 3.05) is 47.4 Å². The number of amides is 1. The number of nitrogens with zero attached hydrogens (tertiary/aromatic N) is 3. The minimum Gasteiger partial charge on any atom is -0.463 e. The number of piperidine rings is 1. The number of cyclic esters (lactones) is 1. The number of aliphatic hydroxyl groups is 1. The molecule has 0 spiro atoms. The molecule has 1 N–H and O–H groups in total. The maximum atomic E-state index is 14.5. The normalized spacial score (nSPS) is 34.3. The Kier molecular flexibility index (Phi) is 14.9. The van der Waals surface area contributed by atoms with E-state index in [-0.39, 0.29) is 43.0 Å². The second-order valence-corrected chi connectivity index (χ2v) is 17.1. The molecule has 3 heterocycles. The van der Waals surface area contributed by atoms with Gasteiger partial charge < -0.3 is 43.5 Å². The average molecular weight is 746 g/mol. The molecule has 53 heavy (non-hydrogen) atoms. The number of ether oxygens (including phenoxy) is 5. The Hall–Kier alpha value is -2.61. The Morgan fingerprint density at radius 1 is 1.06 bits per heavy atom. The van der Waals surface area contributed by atoms with Gasteiger partial charge in [0.15, 0.2) is 12.1 Å². The molecule has 3 fully saturated rings. The van der Waals surface area contributed by atoms with Crippen LogP contribution >= 0.6 is 0 Å². The zero-order chi connectivity index (χ0) is 39.2. The van der Waals surface area contributed by atoms with E-state index in [9.17, 15) is 19.5 Å². The fraction of sp³-hybridized carbons (Fsp3) is 0.780. The van der Waals surface area contributed by atoms with Crippen LogP contribution in [0, 0.1) is 23.2 Å². The summed E-state index contributed by atoms with van der Waals surface area (Å²) in [6, 6.07) is 9.24. The zero-order valence-corrected chi connectivity index (χ0v) is 34.1. The van der Waals surface area contributed by atoms with Crippen molar-refractivity contribution in [2.45, 2.75) is 136 Å². The fourth-order valence-electron chi connectivity index (χ4n) is 8.60. The van der Waals surface area contributed by atoms with E-state index < -0.39 is 53.5 Å². The monoisotopic (exact) mass is 745 g/mol. The zero-order valence-electron chi connectivity index (χ0n) is 34.1. The first-order valence-corrected chi connectivity index (χ1v) is 19.5. The predicted octanol–water partition coefficient (Wildman–Crippen LogP) is 5.14. The van der Waals surface area contributed by atoms with Gasteiger partial charge in [0.05, 0.1) is 23.9 Å². The molecule has 1 amide bonds. The second-order valence-electron chi connectivity index (χ2n) is 17.1. The van der Waals surface area contributed by atoms with Gasteiger partial charge in [-0.2, -0.15) is 0 Å². The first-order chi connectivity index (χ1) is 24.9. The third kappa shape index (κ3) is 10.4. The number of likely N-dealkylation sites (tertiary alicyclic amines) is 1. The number of ketones is 1. The van der Waals surface area contributed by atoms with Gasteiger partial charge in [0.25, 0.3) is 0 Å². The molecule has 0 aromatic heterocycles. The Bertz CT molecular complexity index is 1350. The maximum Gasteiger partial charge on any atom is 0.410 e. The second kappa shape index (κ2) is 18.3. The summed E-state index contributed by atoms with van der Waals surface area (Å²) in [7, 11) is 5.39. The van der Waals surface area contributed by atoms with Gasteiger partial charge in [-0.15, -0.1) is 0 Å². The van der Waals surface area contributed by atoms with Crippen LogP contribution in [-0.2, 0) is 39.9 Å². The molecule has 3 aliphatic rings. The first kappa shape index (κ1) is 43.1. The minimum absolute atomic E-state index is 0.0404. The van der Waals surface area contributed by atoms with Crippen molar-refractivity contribution in [2.24, 2.45) is 23.2 Å². The highest BCUT2D eigenvalue weighted by molar-refractivity contribution is 6.04. The van der Waals surface area contributed by atoms with Crippen molar-refractivity contribution < 1.29 is 43.2 Å². The number of aliphatic hydroxyl groups excluding tert-OH is 1. The number of hydrogen-bond donors (Lipinski definition) is 1. The van der Waals surface area contributed by atoms with Gasteiger partial charge in [-0.25, -0.2) is 4.79 Å².